The van der Waals surface area contributed by atoms with Crippen molar-refractivity contribution in [1.82, 2.24) is 25.1 Å². The summed E-state index contributed by atoms with van der Waals surface area (Å²) in [7, 11) is 3.45. The molecule has 1 amide bonds. The average molecular weight is 391 g/mol. The lowest BCUT2D eigenvalue weighted by Gasteiger charge is -2.10. The minimum Gasteiger partial charge on any atom is -0.414 e. The van der Waals surface area contributed by atoms with E-state index in [1.54, 1.807) is 37.3 Å². The maximum absolute atomic E-state index is 12.0. The summed E-state index contributed by atoms with van der Waals surface area (Å²) in [5, 5.41) is 10.2. The van der Waals surface area contributed by atoms with Crippen molar-refractivity contribution in [2.45, 2.75) is 6.92 Å². The molecular formula is C20H17N5O2S. The van der Waals surface area contributed by atoms with Gasteiger partial charge in [-0.25, -0.2) is 4.98 Å². The fourth-order valence-corrected chi connectivity index (χ4v) is 3.30. The molecule has 28 heavy (non-hydrogen) atoms. The van der Waals surface area contributed by atoms with Gasteiger partial charge in [0.05, 0.1) is 22.5 Å². The first-order chi connectivity index (χ1) is 13.5. The summed E-state index contributed by atoms with van der Waals surface area (Å²) < 4.78 is 5.80. The van der Waals surface area contributed by atoms with Gasteiger partial charge in [0.2, 0.25) is 0 Å². The van der Waals surface area contributed by atoms with Crippen molar-refractivity contribution < 1.29 is 9.21 Å². The van der Waals surface area contributed by atoms with Crippen LogP contribution >= 0.6 is 11.3 Å². The number of nitrogens with zero attached hydrogens (tertiary/aromatic N) is 5. The van der Waals surface area contributed by atoms with E-state index >= 15 is 0 Å². The van der Waals surface area contributed by atoms with Gasteiger partial charge in [-0.2, -0.15) is 0 Å². The molecule has 4 rings (SSSR count). The van der Waals surface area contributed by atoms with Crippen LogP contribution in [0, 0.1) is 6.92 Å². The Morgan fingerprint density at radius 2 is 1.82 bits per heavy atom. The molecule has 0 radical (unpaired) electrons. The second-order valence-electron chi connectivity index (χ2n) is 6.36. The normalized spacial score (nSPS) is 10.8. The van der Waals surface area contributed by atoms with E-state index in [2.05, 4.69) is 20.2 Å². The highest BCUT2D eigenvalue weighted by atomic mass is 32.1. The number of hydrogen-bond acceptors (Lipinski definition) is 7. The van der Waals surface area contributed by atoms with Gasteiger partial charge in [0.1, 0.15) is 5.69 Å². The average Bonchev–Trinajstić information content (AvgIpc) is 3.39. The summed E-state index contributed by atoms with van der Waals surface area (Å²) in [4.78, 5) is 23.6. The van der Waals surface area contributed by atoms with E-state index in [-0.39, 0.29) is 5.91 Å². The predicted molar refractivity (Wildman–Crippen MR) is 107 cm³/mol. The first kappa shape index (κ1) is 18.0. The van der Waals surface area contributed by atoms with E-state index in [1.165, 1.54) is 11.3 Å². The van der Waals surface area contributed by atoms with Crippen molar-refractivity contribution >= 4 is 17.2 Å². The van der Waals surface area contributed by atoms with Crippen molar-refractivity contribution in [2.24, 2.45) is 0 Å². The number of carbonyl (C=O) groups excluding carboxylic acids is 1. The SMILES string of the molecule is Cc1ncc(-c2ccc(C(=O)N(C)C)cc2)nc1-c1nnc(-c2cccs2)o1. The van der Waals surface area contributed by atoms with Crippen LogP contribution in [0.4, 0.5) is 0 Å². The van der Waals surface area contributed by atoms with E-state index in [0.717, 1.165) is 10.4 Å². The van der Waals surface area contributed by atoms with Crippen molar-refractivity contribution in [1.29, 1.82) is 0 Å². The van der Waals surface area contributed by atoms with E-state index < -0.39 is 0 Å². The van der Waals surface area contributed by atoms with Crippen LogP contribution in [0.2, 0.25) is 0 Å². The monoisotopic (exact) mass is 391 g/mol. The first-order valence-corrected chi connectivity index (χ1v) is 9.44. The zero-order chi connectivity index (χ0) is 19.7. The maximum atomic E-state index is 12.0. The Morgan fingerprint density at radius 1 is 1.07 bits per heavy atom. The van der Waals surface area contributed by atoms with E-state index in [9.17, 15) is 4.79 Å². The van der Waals surface area contributed by atoms with Gasteiger partial charge < -0.3 is 9.32 Å². The second-order valence-corrected chi connectivity index (χ2v) is 7.30. The molecule has 4 aromatic rings. The zero-order valence-corrected chi connectivity index (χ0v) is 16.4. The molecule has 7 nitrogen and oxygen atoms in total. The topological polar surface area (TPSA) is 85.0 Å². The molecular weight excluding hydrogens is 374 g/mol. The van der Waals surface area contributed by atoms with Gasteiger partial charge in [0.25, 0.3) is 17.7 Å². The molecule has 3 aromatic heterocycles. The Morgan fingerprint density at radius 3 is 2.50 bits per heavy atom. The summed E-state index contributed by atoms with van der Waals surface area (Å²) in [5.41, 5.74) is 3.37. The maximum Gasteiger partial charge on any atom is 0.268 e. The fourth-order valence-electron chi connectivity index (χ4n) is 2.65. The van der Waals surface area contributed by atoms with Crippen LogP contribution in [0.3, 0.4) is 0 Å². The van der Waals surface area contributed by atoms with Crippen LogP contribution in [-0.2, 0) is 0 Å². The number of hydrogen-bond donors (Lipinski definition) is 0. The molecule has 0 fully saturated rings. The lowest BCUT2D eigenvalue weighted by molar-refractivity contribution is 0.0827. The summed E-state index contributed by atoms with van der Waals surface area (Å²) >= 11 is 1.53. The number of benzene rings is 1. The van der Waals surface area contributed by atoms with E-state index in [4.69, 9.17) is 4.42 Å². The van der Waals surface area contributed by atoms with Crippen molar-refractivity contribution in [3.63, 3.8) is 0 Å². The lowest BCUT2D eigenvalue weighted by atomic mass is 10.1. The molecule has 3 heterocycles. The van der Waals surface area contributed by atoms with Gasteiger partial charge in [-0.15, -0.1) is 21.5 Å². The summed E-state index contributed by atoms with van der Waals surface area (Å²) in [6.07, 6.45) is 1.69. The molecule has 0 spiro atoms. The number of aryl methyl sites for hydroxylation is 1. The van der Waals surface area contributed by atoms with E-state index in [1.807, 2.05) is 36.6 Å². The predicted octanol–water partition coefficient (Wildman–Crippen LogP) is 3.93. The van der Waals surface area contributed by atoms with Gasteiger partial charge in [0.15, 0.2) is 0 Å². The highest BCUT2D eigenvalue weighted by molar-refractivity contribution is 7.13. The van der Waals surface area contributed by atoms with Gasteiger partial charge in [-0.3, -0.25) is 9.78 Å². The molecule has 0 saturated heterocycles. The molecule has 0 unspecified atom stereocenters. The van der Waals surface area contributed by atoms with Crippen LogP contribution in [0.1, 0.15) is 16.1 Å². The molecule has 0 aliphatic rings. The lowest BCUT2D eigenvalue weighted by Crippen LogP contribution is -2.21. The summed E-state index contributed by atoms with van der Waals surface area (Å²) in [5.74, 6) is 0.743. The third-order valence-electron chi connectivity index (χ3n) is 4.15. The highest BCUT2D eigenvalue weighted by Gasteiger charge is 2.17. The number of thiophene rings is 1. The van der Waals surface area contributed by atoms with Crippen LogP contribution in [-0.4, -0.2) is 45.1 Å². The van der Waals surface area contributed by atoms with E-state index in [0.29, 0.717) is 34.4 Å². The van der Waals surface area contributed by atoms with Gasteiger partial charge in [-0.05, 0) is 30.5 Å². The van der Waals surface area contributed by atoms with Gasteiger partial charge >= 0.3 is 0 Å². The third-order valence-corrected chi connectivity index (χ3v) is 5.01. The Kier molecular flexibility index (Phi) is 4.70. The Hall–Kier alpha value is -3.39. The molecule has 8 heteroatoms. The molecule has 0 aliphatic carbocycles. The summed E-state index contributed by atoms with van der Waals surface area (Å²) in [6.45, 7) is 1.85. The molecule has 0 N–H and O–H groups in total. The number of rotatable bonds is 4. The molecule has 0 aliphatic heterocycles. The number of amides is 1. The Bertz CT molecular complexity index is 1120. The highest BCUT2D eigenvalue weighted by Crippen LogP contribution is 2.28. The molecule has 0 bridgehead atoms. The van der Waals surface area contributed by atoms with Gasteiger partial charge in [0, 0.05) is 25.2 Å². The third kappa shape index (κ3) is 3.41. The fraction of sp³-hybridized carbons (Fsp3) is 0.150. The molecule has 1 aromatic carbocycles. The van der Waals surface area contributed by atoms with Crippen LogP contribution < -0.4 is 0 Å². The second kappa shape index (κ2) is 7.32. The Labute approximate surface area is 165 Å². The van der Waals surface area contributed by atoms with Crippen molar-refractivity contribution in [3.8, 4) is 33.6 Å². The van der Waals surface area contributed by atoms with Crippen molar-refractivity contribution in [2.75, 3.05) is 14.1 Å². The minimum atomic E-state index is -0.0470. The minimum absolute atomic E-state index is 0.0470. The first-order valence-electron chi connectivity index (χ1n) is 8.56. The van der Waals surface area contributed by atoms with Crippen molar-refractivity contribution in [3.05, 3.63) is 59.2 Å². The Balaban J connectivity index is 1.67. The summed E-state index contributed by atoms with van der Waals surface area (Å²) in [6, 6.07) is 11.1. The zero-order valence-electron chi connectivity index (χ0n) is 15.6. The molecule has 140 valence electrons. The van der Waals surface area contributed by atoms with Crippen LogP contribution in [0.25, 0.3) is 33.6 Å². The largest absolute Gasteiger partial charge is 0.414 e. The standard InChI is InChI=1S/C20H17N5O2S/c1-12-17(19-24-23-18(27-19)16-5-4-10-28-16)22-15(11-21-12)13-6-8-14(9-7-13)20(26)25(2)3/h4-11H,1-3H3. The number of aromatic nitrogens is 4. The van der Waals surface area contributed by atoms with Crippen LogP contribution in [0.15, 0.2) is 52.4 Å². The van der Waals surface area contributed by atoms with Crippen LogP contribution in [0.5, 0.6) is 0 Å². The van der Waals surface area contributed by atoms with Gasteiger partial charge in [-0.1, -0.05) is 18.2 Å². The molecule has 0 saturated carbocycles. The number of carbonyl (C=O) groups is 1. The molecule has 0 atom stereocenters. The quantitative estimate of drug-likeness (QED) is 0.524. The smallest absolute Gasteiger partial charge is 0.268 e.